The van der Waals surface area contributed by atoms with Gasteiger partial charge in [-0.25, -0.2) is 5.43 Å². The van der Waals surface area contributed by atoms with E-state index in [1.165, 1.54) is 11.3 Å². The molecule has 1 aromatic heterocycles. The number of anilines is 1. The van der Waals surface area contributed by atoms with Crippen LogP contribution < -0.4 is 20.2 Å². The SMILES string of the molecule is C/C(=N\NC(=O)c1ccc2c(c1)OCO2)c1cccc(NC(=O)c2cccs2)c1. The topological polar surface area (TPSA) is 89.0 Å². The van der Waals surface area contributed by atoms with Crippen molar-refractivity contribution >= 4 is 34.6 Å². The normalized spacial score (nSPS) is 12.5. The molecule has 4 rings (SSSR count). The maximum absolute atomic E-state index is 12.4. The van der Waals surface area contributed by atoms with E-state index in [-0.39, 0.29) is 18.6 Å². The molecule has 0 saturated heterocycles. The summed E-state index contributed by atoms with van der Waals surface area (Å²) in [5, 5.41) is 8.88. The number of fused-ring (bicyclic) bond motifs is 1. The van der Waals surface area contributed by atoms with Crippen LogP contribution in [0.3, 0.4) is 0 Å². The fourth-order valence-electron chi connectivity index (χ4n) is 2.72. The van der Waals surface area contributed by atoms with Crippen molar-refractivity contribution in [3.8, 4) is 11.5 Å². The van der Waals surface area contributed by atoms with Gasteiger partial charge >= 0.3 is 0 Å². The van der Waals surface area contributed by atoms with Crippen molar-refractivity contribution in [1.82, 2.24) is 5.43 Å². The van der Waals surface area contributed by atoms with E-state index in [1.54, 1.807) is 43.3 Å². The van der Waals surface area contributed by atoms with Crippen molar-refractivity contribution in [2.24, 2.45) is 5.10 Å². The number of amides is 2. The molecule has 0 spiro atoms. The van der Waals surface area contributed by atoms with Gasteiger partial charge in [0.2, 0.25) is 6.79 Å². The average Bonchev–Trinajstić information content (AvgIpc) is 3.43. The predicted octanol–water partition coefficient (Wildman–Crippen LogP) is 3.88. The Morgan fingerprint density at radius 1 is 0.966 bits per heavy atom. The molecular weight excluding hydrogens is 390 g/mol. The second-order valence-electron chi connectivity index (χ2n) is 6.22. The Hall–Kier alpha value is -3.65. The first-order valence-corrected chi connectivity index (χ1v) is 9.68. The molecule has 0 unspecified atom stereocenters. The Balaban J connectivity index is 1.43. The maximum atomic E-state index is 12.4. The quantitative estimate of drug-likeness (QED) is 0.496. The van der Waals surface area contributed by atoms with E-state index in [4.69, 9.17) is 9.47 Å². The molecule has 0 bridgehead atoms. The first kappa shape index (κ1) is 18.7. The molecule has 2 heterocycles. The van der Waals surface area contributed by atoms with E-state index < -0.39 is 0 Å². The zero-order valence-electron chi connectivity index (χ0n) is 15.5. The van der Waals surface area contributed by atoms with Crippen molar-refractivity contribution in [3.63, 3.8) is 0 Å². The smallest absolute Gasteiger partial charge is 0.271 e. The number of benzene rings is 2. The molecule has 2 aromatic carbocycles. The minimum Gasteiger partial charge on any atom is -0.454 e. The molecule has 0 radical (unpaired) electrons. The fourth-order valence-corrected chi connectivity index (χ4v) is 3.34. The Morgan fingerprint density at radius 3 is 2.66 bits per heavy atom. The van der Waals surface area contributed by atoms with Crippen LogP contribution in [0.15, 0.2) is 65.1 Å². The molecular formula is C21H17N3O4S. The van der Waals surface area contributed by atoms with E-state index in [0.29, 0.717) is 33.3 Å². The summed E-state index contributed by atoms with van der Waals surface area (Å²) in [6.07, 6.45) is 0. The highest BCUT2D eigenvalue weighted by Crippen LogP contribution is 2.32. The van der Waals surface area contributed by atoms with Crippen LogP contribution in [0.25, 0.3) is 0 Å². The van der Waals surface area contributed by atoms with Gasteiger partial charge in [0.05, 0.1) is 10.6 Å². The molecule has 1 aliphatic heterocycles. The van der Waals surface area contributed by atoms with E-state index in [2.05, 4.69) is 15.8 Å². The van der Waals surface area contributed by atoms with Crippen LogP contribution in [0.2, 0.25) is 0 Å². The second kappa shape index (κ2) is 8.15. The van der Waals surface area contributed by atoms with Crippen molar-refractivity contribution in [2.75, 3.05) is 12.1 Å². The van der Waals surface area contributed by atoms with Crippen LogP contribution in [0.1, 0.15) is 32.5 Å². The number of thiophene rings is 1. The van der Waals surface area contributed by atoms with E-state index in [1.807, 2.05) is 23.6 Å². The molecule has 7 nitrogen and oxygen atoms in total. The van der Waals surface area contributed by atoms with Crippen molar-refractivity contribution < 1.29 is 19.1 Å². The van der Waals surface area contributed by atoms with Crippen LogP contribution in [0.4, 0.5) is 5.69 Å². The number of nitrogens with zero attached hydrogens (tertiary/aromatic N) is 1. The van der Waals surface area contributed by atoms with Gasteiger partial charge < -0.3 is 14.8 Å². The van der Waals surface area contributed by atoms with Gasteiger partial charge in [-0.1, -0.05) is 18.2 Å². The van der Waals surface area contributed by atoms with Gasteiger partial charge in [0.15, 0.2) is 11.5 Å². The van der Waals surface area contributed by atoms with Gasteiger partial charge in [-0.15, -0.1) is 11.3 Å². The Morgan fingerprint density at radius 2 is 1.83 bits per heavy atom. The highest BCUT2D eigenvalue weighted by Gasteiger charge is 2.16. The van der Waals surface area contributed by atoms with E-state index in [9.17, 15) is 9.59 Å². The first-order chi connectivity index (χ1) is 14.1. The molecule has 3 aromatic rings. The molecule has 8 heteroatoms. The number of rotatable bonds is 5. The number of ether oxygens (including phenoxy) is 2. The number of carbonyl (C=O) groups is 2. The molecule has 0 aliphatic carbocycles. The molecule has 29 heavy (non-hydrogen) atoms. The van der Waals surface area contributed by atoms with Gasteiger partial charge in [-0.2, -0.15) is 5.10 Å². The highest BCUT2D eigenvalue weighted by molar-refractivity contribution is 7.12. The third-order valence-corrected chi connectivity index (χ3v) is 5.11. The van der Waals surface area contributed by atoms with E-state index >= 15 is 0 Å². The molecule has 0 atom stereocenters. The van der Waals surface area contributed by atoms with Gasteiger partial charge in [0.1, 0.15) is 0 Å². The number of hydrazone groups is 1. The van der Waals surface area contributed by atoms with Crippen LogP contribution in [0.5, 0.6) is 11.5 Å². The Labute approximate surface area is 171 Å². The summed E-state index contributed by atoms with van der Waals surface area (Å²) in [4.78, 5) is 25.2. The third kappa shape index (κ3) is 4.27. The van der Waals surface area contributed by atoms with Gasteiger partial charge in [-0.05, 0) is 54.3 Å². The second-order valence-corrected chi connectivity index (χ2v) is 7.17. The summed E-state index contributed by atoms with van der Waals surface area (Å²) in [5.41, 5.74) is 4.99. The lowest BCUT2D eigenvalue weighted by molar-refractivity contribution is 0.0953. The molecule has 146 valence electrons. The van der Waals surface area contributed by atoms with Crippen LogP contribution in [-0.4, -0.2) is 24.3 Å². The van der Waals surface area contributed by atoms with Crippen molar-refractivity contribution in [1.29, 1.82) is 0 Å². The van der Waals surface area contributed by atoms with Gasteiger partial charge in [0, 0.05) is 11.3 Å². The molecule has 0 fully saturated rings. The number of hydrogen-bond acceptors (Lipinski definition) is 6. The minimum absolute atomic E-state index is 0.150. The first-order valence-electron chi connectivity index (χ1n) is 8.80. The van der Waals surface area contributed by atoms with Crippen LogP contribution in [-0.2, 0) is 0 Å². The van der Waals surface area contributed by atoms with Gasteiger partial charge in [0.25, 0.3) is 11.8 Å². The zero-order valence-corrected chi connectivity index (χ0v) is 16.3. The van der Waals surface area contributed by atoms with Crippen LogP contribution >= 0.6 is 11.3 Å². The minimum atomic E-state index is -0.357. The lowest BCUT2D eigenvalue weighted by atomic mass is 10.1. The zero-order chi connectivity index (χ0) is 20.2. The Bertz CT molecular complexity index is 1090. The van der Waals surface area contributed by atoms with Gasteiger partial charge in [-0.3, -0.25) is 9.59 Å². The summed E-state index contributed by atoms with van der Waals surface area (Å²) in [5.74, 6) is 0.628. The third-order valence-electron chi connectivity index (χ3n) is 4.24. The number of carbonyl (C=O) groups excluding carboxylic acids is 2. The molecule has 0 saturated carbocycles. The summed E-state index contributed by atoms with van der Waals surface area (Å²) >= 11 is 1.38. The molecule has 1 aliphatic rings. The molecule has 2 N–H and O–H groups in total. The lowest BCUT2D eigenvalue weighted by Gasteiger charge is -2.07. The lowest BCUT2D eigenvalue weighted by Crippen LogP contribution is -2.19. The monoisotopic (exact) mass is 407 g/mol. The predicted molar refractivity (Wildman–Crippen MR) is 111 cm³/mol. The highest BCUT2D eigenvalue weighted by atomic mass is 32.1. The van der Waals surface area contributed by atoms with Crippen molar-refractivity contribution in [3.05, 3.63) is 76.0 Å². The standard InChI is InChI=1S/C21H17N3O4S/c1-13(23-24-20(25)15-7-8-17-18(11-15)28-12-27-17)14-4-2-5-16(10-14)22-21(26)19-6-3-9-29-19/h2-11H,12H2,1H3,(H,22,26)(H,24,25)/b23-13+. The Kier molecular flexibility index (Phi) is 5.26. The fraction of sp³-hybridized carbons (Fsp3) is 0.0952. The average molecular weight is 407 g/mol. The number of hydrogen-bond donors (Lipinski definition) is 2. The summed E-state index contributed by atoms with van der Waals surface area (Å²) < 4.78 is 10.5. The van der Waals surface area contributed by atoms with Crippen LogP contribution in [0, 0.1) is 0 Å². The summed E-state index contributed by atoms with van der Waals surface area (Å²) in [6.45, 7) is 1.93. The van der Waals surface area contributed by atoms with Crippen molar-refractivity contribution in [2.45, 2.75) is 6.92 Å². The maximum Gasteiger partial charge on any atom is 0.271 e. The van der Waals surface area contributed by atoms with E-state index in [0.717, 1.165) is 5.56 Å². The summed E-state index contributed by atoms with van der Waals surface area (Å²) in [6, 6.07) is 15.8. The largest absolute Gasteiger partial charge is 0.454 e. The molecule has 2 amide bonds. The summed E-state index contributed by atoms with van der Waals surface area (Å²) in [7, 11) is 0. The number of nitrogens with one attached hydrogen (secondary N) is 2.